The molecule has 23 heavy (non-hydrogen) atoms. The number of non-ortho nitro benzene ring substituents is 1. The number of rotatable bonds is 4. The van der Waals surface area contributed by atoms with Gasteiger partial charge in [0.2, 0.25) is 0 Å². The Kier molecular flexibility index (Phi) is 3.76. The highest BCUT2D eigenvalue weighted by atomic mass is 16.6. The van der Waals surface area contributed by atoms with Crippen LogP contribution < -0.4 is 5.32 Å². The van der Waals surface area contributed by atoms with E-state index in [0.29, 0.717) is 6.54 Å². The highest BCUT2D eigenvalue weighted by Crippen LogP contribution is 2.14. The lowest BCUT2D eigenvalue weighted by Crippen LogP contribution is -2.24. The summed E-state index contributed by atoms with van der Waals surface area (Å²) in [6, 6.07) is 11.3. The quantitative estimate of drug-likeness (QED) is 0.592. The van der Waals surface area contributed by atoms with E-state index in [2.05, 4.69) is 10.3 Å². The highest BCUT2D eigenvalue weighted by Gasteiger charge is 2.13. The number of fused-ring (bicyclic) bond motifs is 1. The van der Waals surface area contributed by atoms with Crippen LogP contribution in [-0.2, 0) is 6.54 Å². The Morgan fingerprint density at radius 1 is 1.30 bits per heavy atom. The van der Waals surface area contributed by atoms with Gasteiger partial charge in [0, 0.05) is 23.9 Å². The molecule has 3 rings (SSSR count). The van der Waals surface area contributed by atoms with Crippen LogP contribution in [0.4, 0.5) is 5.69 Å². The molecule has 0 saturated heterocycles. The van der Waals surface area contributed by atoms with E-state index in [1.165, 1.54) is 18.2 Å². The lowest BCUT2D eigenvalue weighted by atomic mass is 10.2. The minimum atomic E-state index is -0.522. The molecule has 0 atom stereocenters. The molecule has 0 radical (unpaired) electrons. The van der Waals surface area contributed by atoms with E-state index in [1.807, 2.05) is 35.7 Å². The predicted molar refractivity (Wildman–Crippen MR) is 84.2 cm³/mol. The standard InChI is InChI=1S/C16H14N4O3/c1-11-14(19-8-3-2-7-15(19)18-11)10-17-16(21)12-5-4-6-13(9-12)20(22)23/h2-9H,10H2,1H3,(H,17,21). The maximum Gasteiger partial charge on any atom is 0.270 e. The molecule has 1 N–H and O–H groups in total. The van der Waals surface area contributed by atoms with Crippen LogP contribution in [0.3, 0.4) is 0 Å². The average Bonchev–Trinajstić information content (AvgIpc) is 2.88. The van der Waals surface area contributed by atoms with Crippen molar-refractivity contribution in [3.63, 3.8) is 0 Å². The van der Waals surface area contributed by atoms with E-state index in [9.17, 15) is 14.9 Å². The predicted octanol–water partition coefficient (Wildman–Crippen LogP) is 2.48. The first-order valence-corrected chi connectivity index (χ1v) is 7.01. The molecule has 3 aromatic rings. The van der Waals surface area contributed by atoms with Gasteiger partial charge in [-0.05, 0) is 25.1 Å². The van der Waals surface area contributed by atoms with Crippen LogP contribution in [0.2, 0.25) is 0 Å². The van der Waals surface area contributed by atoms with E-state index in [4.69, 9.17) is 0 Å². The number of nitrogens with one attached hydrogen (secondary N) is 1. The van der Waals surface area contributed by atoms with Crippen LogP contribution in [0.5, 0.6) is 0 Å². The molecule has 0 fully saturated rings. The second-order valence-corrected chi connectivity index (χ2v) is 5.06. The smallest absolute Gasteiger partial charge is 0.270 e. The molecule has 7 nitrogen and oxygen atoms in total. The van der Waals surface area contributed by atoms with Crippen molar-refractivity contribution in [3.8, 4) is 0 Å². The SMILES string of the molecule is Cc1nc2ccccn2c1CNC(=O)c1cccc([N+](=O)[O-])c1. The number of hydrogen-bond acceptors (Lipinski definition) is 4. The van der Waals surface area contributed by atoms with Crippen molar-refractivity contribution < 1.29 is 9.72 Å². The average molecular weight is 310 g/mol. The van der Waals surface area contributed by atoms with E-state index in [-0.39, 0.29) is 17.2 Å². The Labute approximate surface area is 131 Å². The van der Waals surface area contributed by atoms with Gasteiger partial charge in [-0.1, -0.05) is 12.1 Å². The van der Waals surface area contributed by atoms with E-state index in [1.54, 1.807) is 6.07 Å². The van der Waals surface area contributed by atoms with Crippen molar-refractivity contribution in [2.24, 2.45) is 0 Å². The van der Waals surface area contributed by atoms with Crippen LogP contribution in [0.15, 0.2) is 48.7 Å². The van der Waals surface area contributed by atoms with Gasteiger partial charge in [0.25, 0.3) is 11.6 Å². The van der Waals surface area contributed by atoms with Crippen LogP contribution >= 0.6 is 0 Å². The van der Waals surface area contributed by atoms with Crippen molar-refractivity contribution in [2.45, 2.75) is 13.5 Å². The van der Waals surface area contributed by atoms with Gasteiger partial charge < -0.3 is 9.72 Å². The summed E-state index contributed by atoms with van der Waals surface area (Å²) in [7, 11) is 0. The van der Waals surface area contributed by atoms with Gasteiger partial charge in [-0.2, -0.15) is 0 Å². The molecule has 2 heterocycles. The molecular formula is C16H14N4O3. The summed E-state index contributed by atoms with van der Waals surface area (Å²) in [5.74, 6) is -0.362. The molecule has 0 bridgehead atoms. The Hall–Kier alpha value is -3.22. The van der Waals surface area contributed by atoms with Crippen LogP contribution in [-0.4, -0.2) is 20.2 Å². The third kappa shape index (κ3) is 2.89. The molecule has 0 aliphatic rings. The zero-order valence-corrected chi connectivity index (χ0v) is 12.4. The Balaban J connectivity index is 1.80. The van der Waals surface area contributed by atoms with Crippen molar-refractivity contribution in [3.05, 3.63) is 75.7 Å². The van der Waals surface area contributed by atoms with E-state index in [0.717, 1.165) is 17.0 Å². The van der Waals surface area contributed by atoms with Gasteiger partial charge in [0.1, 0.15) is 5.65 Å². The normalized spacial score (nSPS) is 10.7. The Morgan fingerprint density at radius 3 is 2.91 bits per heavy atom. The van der Waals surface area contributed by atoms with E-state index < -0.39 is 4.92 Å². The van der Waals surface area contributed by atoms with Gasteiger partial charge in [-0.15, -0.1) is 0 Å². The van der Waals surface area contributed by atoms with Crippen LogP contribution in [0.25, 0.3) is 5.65 Å². The second-order valence-electron chi connectivity index (χ2n) is 5.06. The first-order chi connectivity index (χ1) is 11.1. The number of aryl methyl sites for hydroxylation is 1. The molecule has 0 saturated carbocycles. The number of amides is 1. The monoisotopic (exact) mass is 310 g/mol. The van der Waals surface area contributed by atoms with Crippen LogP contribution in [0.1, 0.15) is 21.7 Å². The maximum atomic E-state index is 12.2. The molecule has 0 unspecified atom stereocenters. The van der Waals surface area contributed by atoms with Crippen molar-refractivity contribution >= 4 is 17.2 Å². The van der Waals surface area contributed by atoms with Crippen LogP contribution in [0, 0.1) is 17.0 Å². The Bertz CT molecular complexity index is 901. The maximum absolute atomic E-state index is 12.2. The lowest BCUT2D eigenvalue weighted by Gasteiger charge is -2.06. The third-order valence-corrected chi connectivity index (χ3v) is 3.56. The second kappa shape index (κ2) is 5.88. The third-order valence-electron chi connectivity index (χ3n) is 3.56. The number of carbonyl (C=O) groups excluding carboxylic acids is 1. The van der Waals surface area contributed by atoms with Crippen molar-refractivity contribution in [2.75, 3.05) is 0 Å². The van der Waals surface area contributed by atoms with Gasteiger partial charge in [0.15, 0.2) is 0 Å². The van der Waals surface area contributed by atoms with Gasteiger partial charge >= 0.3 is 0 Å². The summed E-state index contributed by atoms with van der Waals surface area (Å²) < 4.78 is 1.91. The van der Waals surface area contributed by atoms with Crippen molar-refractivity contribution in [1.29, 1.82) is 0 Å². The number of hydrogen-bond donors (Lipinski definition) is 1. The fourth-order valence-corrected chi connectivity index (χ4v) is 2.40. The first-order valence-electron chi connectivity index (χ1n) is 7.01. The summed E-state index contributed by atoms with van der Waals surface area (Å²) in [5, 5.41) is 13.6. The lowest BCUT2D eigenvalue weighted by molar-refractivity contribution is -0.384. The zero-order chi connectivity index (χ0) is 16.4. The minimum absolute atomic E-state index is 0.108. The number of nitrogens with zero attached hydrogens (tertiary/aromatic N) is 3. The molecule has 0 spiro atoms. The molecular weight excluding hydrogens is 296 g/mol. The number of carbonyl (C=O) groups is 1. The molecule has 0 aliphatic heterocycles. The zero-order valence-electron chi connectivity index (χ0n) is 12.4. The number of pyridine rings is 1. The van der Waals surface area contributed by atoms with Gasteiger partial charge in [0.05, 0.1) is 22.9 Å². The molecule has 116 valence electrons. The fraction of sp³-hybridized carbons (Fsp3) is 0.125. The number of benzene rings is 1. The molecule has 1 amide bonds. The number of aromatic nitrogens is 2. The largest absolute Gasteiger partial charge is 0.346 e. The van der Waals surface area contributed by atoms with Gasteiger partial charge in [-0.25, -0.2) is 4.98 Å². The number of nitro benzene ring substituents is 1. The molecule has 1 aromatic carbocycles. The molecule has 7 heteroatoms. The summed E-state index contributed by atoms with van der Waals surface area (Å²) in [5.41, 5.74) is 2.66. The minimum Gasteiger partial charge on any atom is -0.346 e. The number of nitro groups is 1. The first kappa shape index (κ1) is 14.7. The summed E-state index contributed by atoms with van der Waals surface area (Å²) in [6.07, 6.45) is 1.88. The topological polar surface area (TPSA) is 89.5 Å². The summed E-state index contributed by atoms with van der Waals surface area (Å²) in [6.45, 7) is 2.17. The highest BCUT2D eigenvalue weighted by molar-refractivity contribution is 5.94. The summed E-state index contributed by atoms with van der Waals surface area (Å²) >= 11 is 0. The van der Waals surface area contributed by atoms with E-state index >= 15 is 0 Å². The van der Waals surface area contributed by atoms with Crippen molar-refractivity contribution in [1.82, 2.24) is 14.7 Å². The fourth-order valence-electron chi connectivity index (χ4n) is 2.40. The summed E-state index contributed by atoms with van der Waals surface area (Å²) in [4.78, 5) is 26.9. The number of imidazole rings is 1. The van der Waals surface area contributed by atoms with Gasteiger partial charge in [-0.3, -0.25) is 14.9 Å². The molecule has 2 aromatic heterocycles. The Morgan fingerprint density at radius 2 is 2.13 bits per heavy atom. The molecule has 0 aliphatic carbocycles.